The van der Waals surface area contributed by atoms with Crippen molar-refractivity contribution in [3.8, 4) is 0 Å². The van der Waals surface area contributed by atoms with Crippen molar-refractivity contribution in [2.45, 2.75) is 13.1 Å². The average Bonchev–Trinajstić information content (AvgIpc) is 3.05. The molecule has 150 valence electrons. The van der Waals surface area contributed by atoms with Crippen LogP contribution >= 0.6 is 11.6 Å². The standard InChI is InChI=1S/C19H23ClN4O4/c1-11-5-6-12(9-14(11)20)21-16(25)15-10-13-17(24(15)7-8-28-4)22(2)19(27)23(3)18(13)26/h5-6,9-10,13,17H,7-8H2,1-4H3,(H,21,25). The topological polar surface area (TPSA) is 82.2 Å². The first-order valence-corrected chi connectivity index (χ1v) is 9.23. The molecule has 1 N–H and O–H groups in total. The van der Waals surface area contributed by atoms with E-state index in [1.165, 1.54) is 11.9 Å². The number of urea groups is 1. The molecule has 4 amide bonds. The van der Waals surface area contributed by atoms with Crippen molar-refractivity contribution in [2.24, 2.45) is 5.92 Å². The molecule has 0 saturated carbocycles. The normalized spacial score (nSPS) is 21.8. The van der Waals surface area contributed by atoms with Crippen LogP contribution in [0.2, 0.25) is 5.02 Å². The van der Waals surface area contributed by atoms with Crippen LogP contribution in [0, 0.1) is 12.8 Å². The summed E-state index contributed by atoms with van der Waals surface area (Å²) in [5.41, 5.74) is 1.78. The first-order valence-electron chi connectivity index (χ1n) is 8.85. The lowest BCUT2D eigenvalue weighted by atomic mass is 10.0. The van der Waals surface area contributed by atoms with Crippen LogP contribution < -0.4 is 5.32 Å². The Balaban J connectivity index is 1.90. The van der Waals surface area contributed by atoms with Crippen molar-refractivity contribution in [3.05, 3.63) is 40.6 Å². The third kappa shape index (κ3) is 3.45. The Morgan fingerprint density at radius 1 is 1.29 bits per heavy atom. The average molecular weight is 407 g/mol. The Bertz CT molecular complexity index is 856. The molecular formula is C19H23ClN4O4. The smallest absolute Gasteiger partial charge is 0.327 e. The molecule has 2 aliphatic heterocycles. The molecule has 1 aromatic carbocycles. The highest BCUT2D eigenvalue weighted by molar-refractivity contribution is 6.31. The minimum atomic E-state index is -0.619. The maximum atomic E-state index is 13.0. The number of nitrogens with one attached hydrogen (secondary N) is 1. The maximum Gasteiger partial charge on any atom is 0.327 e. The number of fused-ring (bicyclic) bond motifs is 1. The monoisotopic (exact) mass is 406 g/mol. The molecule has 1 saturated heterocycles. The molecule has 0 spiro atoms. The zero-order valence-electron chi connectivity index (χ0n) is 16.2. The Morgan fingerprint density at radius 3 is 2.64 bits per heavy atom. The minimum Gasteiger partial charge on any atom is -0.383 e. The van der Waals surface area contributed by atoms with E-state index in [2.05, 4.69) is 5.32 Å². The van der Waals surface area contributed by atoms with Crippen LogP contribution in [0.3, 0.4) is 0 Å². The summed E-state index contributed by atoms with van der Waals surface area (Å²) in [6.45, 7) is 2.58. The van der Waals surface area contributed by atoms with Gasteiger partial charge in [0.05, 0.1) is 12.5 Å². The van der Waals surface area contributed by atoms with Gasteiger partial charge in [0, 0.05) is 38.5 Å². The number of amides is 4. The van der Waals surface area contributed by atoms with Gasteiger partial charge in [-0.05, 0) is 30.7 Å². The number of hydrogen-bond acceptors (Lipinski definition) is 5. The zero-order valence-corrected chi connectivity index (χ0v) is 17.0. The van der Waals surface area contributed by atoms with Crippen molar-refractivity contribution >= 4 is 35.1 Å². The third-order valence-electron chi connectivity index (χ3n) is 5.09. The van der Waals surface area contributed by atoms with Crippen molar-refractivity contribution in [1.82, 2.24) is 14.7 Å². The summed E-state index contributed by atoms with van der Waals surface area (Å²) < 4.78 is 5.15. The Labute approximate surface area is 168 Å². The van der Waals surface area contributed by atoms with Gasteiger partial charge in [-0.2, -0.15) is 0 Å². The molecule has 2 unspecified atom stereocenters. The highest BCUT2D eigenvalue weighted by Crippen LogP contribution is 2.34. The molecule has 28 heavy (non-hydrogen) atoms. The van der Waals surface area contributed by atoms with Crippen molar-refractivity contribution < 1.29 is 19.1 Å². The molecular weight excluding hydrogens is 384 g/mol. The van der Waals surface area contributed by atoms with Gasteiger partial charge in [0.25, 0.3) is 5.91 Å². The molecule has 1 aromatic rings. The molecule has 3 rings (SSSR count). The van der Waals surface area contributed by atoms with Crippen LogP contribution in [0.5, 0.6) is 0 Å². The second-order valence-corrected chi connectivity index (χ2v) is 7.29. The predicted octanol–water partition coefficient (Wildman–Crippen LogP) is 1.90. The molecule has 0 aliphatic carbocycles. The maximum absolute atomic E-state index is 13.0. The number of anilines is 1. The summed E-state index contributed by atoms with van der Waals surface area (Å²) in [5.74, 6) is -1.33. The fourth-order valence-corrected chi connectivity index (χ4v) is 3.70. The first kappa shape index (κ1) is 20.2. The number of halogens is 1. The van der Waals surface area contributed by atoms with Gasteiger partial charge in [0.2, 0.25) is 5.91 Å². The highest BCUT2D eigenvalue weighted by Gasteiger charge is 2.50. The van der Waals surface area contributed by atoms with E-state index in [1.807, 2.05) is 13.0 Å². The summed E-state index contributed by atoms with van der Waals surface area (Å²) >= 11 is 6.14. The van der Waals surface area contributed by atoms with Gasteiger partial charge in [-0.15, -0.1) is 0 Å². The summed E-state index contributed by atoms with van der Waals surface area (Å²) in [6, 6.07) is 4.84. The van der Waals surface area contributed by atoms with Crippen LogP contribution in [-0.2, 0) is 14.3 Å². The van der Waals surface area contributed by atoms with Gasteiger partial charge in [-0.3, -0.25) is 14.5 Å². The van der Waals surface area contributed by atoms with Crippen molar-refractivity contribution in [1.29, 1.82) is 0 Å². The lowest BCUT2D eigenvalue weighted by Gasteiger charge is -2.43. The summed E-state index contributed by atoms with van der Waals surface area (Å²) in [5, 5.41) is 3.36. The van der Waals surface area contributed by atoms with Crippen molar-refractivity contribution in [2.75, 3.05) is 39.7 Å². The number of imide groups is 1. The van der Waals surface area contributed by atoms with Crippen LogP contribution in [0.1, 0.15) is 5.56 Å². The summed E-state index contributed by atoms with van der Waals surface area (Å²) in [4.78, 5) is 42.2. The molecule has 2 heterocycles. The molecule has 2 atom stereocenters. The number of ether oxygens (including phenoxy) is 1. The molecule has 9 heteroatoms. The lowest BCUT2D eigenvalue weighted by Crippen LogP contribution is -2.62. The van der Waals surface area contributed by atoms with Crippen LogP contribution in [0.15, 0.2) is 30.0 Å². The molecule has 2 aliphatic rings. The minimum absolute atomic E-state index is 0.326. The summed E-state index contributed by atoms with van der Waals surface area (Å²) in [7, 11) is 4.62. The third-order valence-corrected chi connectivity index (χ3v) is 5.49. The highest BCUT2D eigenvalue weighted by atomic mass is 35.5. The van der Waals surface area contributed by atoms with Gasteiger partial charge >= 0.3 is 6.03 Å². The second-order valence-electron chi connectivity index (χ2n) is 6.89. The zero-order chi connectivity index (χ0) is 20.6. The van der Waals surface area contributed by atoms with E-state index in [1.54, 1.807) is 37.3 Å². The number of hydrogen-bond donors (Lipinski definition) is 1. The fourth-order valence-electron chi connectivity index (χ4n) is 3.52. The fraction of sp³-hybridized carbons (Fsp3) is 0.421. The largest absolute Gasteiger partial charge is 0.383 e. The molecule has 0 bridgehead atoms. The SMILES string of the molecule is COCCN1C(C(=O)Nc2ccc(C)c(Cl)c2)=CC2C(=O)N(C)C(=O)N(C)C21. The van der Waals surface area contributed by atoms with Gasteiger partial charge in [0.1, 0.15) is 11.9 Å². The molecule has 0 aromatic heterocycles. The molecule has 8 nitrogen and oxygen atoms in total. The van der Waals surface area contributed by atoms with Crippen LogP contribution in [0.25, 0.3) is 0 Å². The predicted molar refractivity (Wildman–Crippen MR) is 105 cm³/mol. The van der Waals surface area contributed by atoms with Crippen LogP contribution in [0.4, 0.5) is 10.5 Å². The van der Waals surface area contributed by atoms with Crippen LogP contribution in [-0.4, -0.2) is 73.1 Å². The number of aryl methyl sites for hydroxylation is 1. The van der Waals surface area contributed by atoms with Crippen molar-refractivity contribution in [3.63, 3.8) is 0 Å². The number of methoxy groups -OCH3 is 1. The van der Waals surface area contributed by atoms with Gasteiger partial charge in [-0.25, -0.2) is 4.79 Å². The number of nitrogens with zero attached hydrogens (tertiary/aromatic N) is 3. The lowest BCUT2D eigenvalue weighted by molar-refractivity contribution is -0.137. The van der Waals surface area contributed by atoms with E-state index in [4.69, 9.17) is 16.3 Å². The Morgan fingerprint density at radius 2 is 2.00 bits per heavy atom. The van der Waals surface area contributed by atoms with E-state index in [0.717, 1.165) is 10.5 Å². The number of benzene rings is 1. The molecule has 1 fully saturated rings. The van der Waals surface area contributed by atoms with Gasteiger partial charge in [0.15, 0.2) is 0 Å². The van der Waals surface area contributed by atoms with Gasteiger partial charge in [-0.1, -0.05) is 17.7 Å². The van der Waals surface area contributed by atoms with E-state index in [-0.39, 0.29) is 11.8 Å². The number of carbonyl (C=O) groups excluding carboxylic acids is 3. The van der Waals surface area contributed by atoms with Gasteiger partial charge < -0.3 is 19.9 Å². The number of carbonyl (C=O) groups is 3. The van der Waals surface area contributed by atoms with E-state index in [9.17, 15) is 14.4 Å². The van der Waals surface area contributed by atoms with E-state index < -0.39 is 18.1 Å². The second kappa shape index (κ2) is 7.81. The Kier molecular flexibility index (Phi) is 5.62. The summed E-state index contributed by atoms with van der Waals surface area (Å²) in [6.07, 6.45) is 1.06. The number of rotatable bonds is 5. The Hall–Kier alpha value is -2.58. The molecule has 0 radical (unpaired) electrons. The quantitative estimate of drug-likeness (QED) is 0.807. The van der Waals surface area contributed by atoms with E-state index >= 15 is 0 Å². The first-order chi connectivity index (χ1) is 13.3. The van der Waals surface area contributed by atoms with E-state index in [0.29, 0.717) is 29.6 Å².